The second kappa shape index (κ2) is 7.67. The lowest BCUT2D eigenvalue weighted by Crippen LogP contribution is -2.26. The van der Waals surface area contributed by atoms with Crippen molar-refractivity contribution in [1.82, 2.24) is 24.5 Å². The number of nitrogens with zero attached hydrogens (tertiary/aromatic N) is 7. The van der Waals surface area contributed by atoms with Crippen LogP contribution in [0.5, 0.6) is 5.88 Å². The van der Waals surface area contributed by atoms with Gasteiger partial charge in [0, 0.05) is 18.8 Å². The minimum atomic E-state index is -0.258. The molecule has 0 aliphatic carbocycles. The molecular formula is C21H20N8O. The van der Waals surface area contributed by atoms with Gasteiger partial charge < -0.3 is 15.4 Å². The maximum Gasteiger partial charge on any atom is 0.215 e. The Balaban J connectivity index is 1.90. The predicted octanol–water partition coefficient (Wildman–Crippen LogP) is 2.87. The summed E-state index contributed by atoms with van der Waals surface area (Å²) in [6, 6.07) is 15.3. The van der Waals surface area contributed by atoms with Crippen LogP contribution >= 0.6 is 0 Å². The number of aromatic nitrogens is 5. The largest absolute Gasteiger partial charge is 0.481 e. The zero-order valence-electron chi connectivity index (χ0n) is 16.8. The number of imidazole rings is 1. The van der Waals surface area contributed by atoms with Gasteiger partial charge in [0.05, 0.1) is 13.2 Å². The molecule has 4 rings (SSSR count). The average Bonchev–Trinajstić information content (AvgIpc) is 3.17. The molecule has 0 aliphatic rings. The molecule has 1 aromatic carbocycles. The smallest absolute Gasteiger partial charge is 0.215 e. The summed E-state index contributed by atoms with van der Waals surface area (Å²) in [6.07, 6.45) is 1.35. The molecule has 2 N–H and O–H groups in total. The van der Waals surface area contributed by atoms with E-state index in [1.807, 2.05) is 59.8 Å². The van der Waals surface area contributed by atoms with E-state index < -0.39 is 0 Å². The Labute approximate surface area is 173 Å². The first-order valence-electron chi connectivity index (χ1n) is 9.27. The van der Waals surface area contributed by atoms with Crippen LogP contribution in [-0.4, -0.2) is 38.7 Å². The molecule has 0 bridgehead atoms. The summed E-state index contributed by atoms with van der Waals surface area (Å²) in [4.78, 5) is 19.5. The second-order valence-corrected chi connectivity index (χ2v) is 6.69. The molecule has 9 heteroatoms. The molecule has 9 nitrogen and oxygen atoms in total. The molecule has 4 aromatic rings. The number of methoxy groups -OCH3 is 1. The zero-order chi connectivity index (χ0) is 21.3. The minimum absolute atomic E-state index is 0.143. The number of pyridine rings is 1. The Hall–Kier alpha value is -4.19. The number of para-hydroxylation sites is 1. The van der Waals surface area contributed by atoms with Crippen LogP contribution in [-0.2, 0) is 0 Å². The van der Waals surface area contributed by atoms with Gasteiger partial charge in [-0.15, -0.1) is 0 Å². The highest BCUT2D eigenvalue weighted by Crippen LogP contribution is 2.31. The molecule has 0 amide bonds. The molecule has 0 saturated carbocycles. The number of nitrogen functional groups attached to an aromatic ring is 1. The van der Waals surface area contributed by atoms with E-state index in [9.17, 15) is 5.26 Å². The van der Waals surface area contributed by atoms with Gasteiger partial charge in [-0.2, -0.15) is 10.2 Å². The lowest BCUT2D eigenvalue weighted by molar-refractivity contribution is 0.399. The molecule has 3 aromatic heterocycles. The normalized spacial score (nSPS) is 11.8. The third kappa shape index (κ3) is 3.14. The first kappa shape index (κ1) is 19.1. The van der Waals surface area contributed by atoms with E-state index in [2.05, 4.69) is 21.0 Å². The number of nitriles is 1. The molecule has 3 heterocycles. The van der Waals surface area contributed by atoms with Crippen LogP contribution in [0.25, 0.3) is 16.9 Å². The van der Waals surface area contributed by atoms with Gasteiger partial charge in [0.15, 0.2) is 11.5 Å². The number of anilines is 2. The van der Waals surface area contributed by atoms with Crippen LogP contribution < -0.4 is 15.4 Å². The van der Waals surface area contributed by atoms with Crippen LogP contribution in [0, 0.1) is 11.3 Å². The molecule has 0 spiro atoms. The van der Waals surface area contributed by atoms with Crippen LogP contribution in [0.2, 0.25) is 0 Å². The standard InChI is InChI=1S/C21H20N8O/c1-13(28(2)20-15(11-22)18(23)24-12-25-20)19-26-16-9-10-17(30-3)27-21(16)29(19)14-7-5-4-6-8-14/h4-10,12-13H,1-3H3,(H2,23,24,25)/t13-/m0/s1. The fraction of sp³-hybridized carbons (Fsp3) is 0.190. The van der Waals surface area contributed by atoms with Crippen molar-refractivity contribution in [1.29, 1.82) is 5.26 Å². The number of nitrogens with two attached hydrogens (primary N) is 1. The van der Waals surface area contributed by atoms with Crippen molar-refractivity contribution >= 4 is 22.8 Å². The molecule has 0 radical (unpaired) electrons. The van der Waals surface area contributed by atoms with Crippen LogP contribution in [0.4, 0.5) is 11.6 Å². The van der Waals surface area contributed by atoms with Crippen molar-refractivity contribution < 1.29 is 4.74 Å². The summed E-state index contributed by atoms with van der Waals surface area (Å²) in [6.45, 7) is 1.98. The van der Waals surface area contributed by atoms with Gasteiger partial charge in [-0.05, 0) is 25.1 Å². The summed E-state index contributed by atoms with van der Waals surface area (Å²) in [7, 11) is 3.42. The maximum absolute atomic E-state index is 9.52. The van der Waals surface area contributed by atoms with Gasteiger partial charge in [0.1, 0.15) is 35.1 Å². The third-order valence-electron chi connectivity index (χ3n) is 4.99. The zero-order valence-corrected chi connectivity index (χ0v) is 16.8. The van der Waals surface area contributed by atoms with Gasteiger partial charge in [-0.1, -0.05) is 18.2 Å². The molecule has 1 atom stereocenters. The van der Waals surface area contributed by atoms with Crippen molar-refractivity contribution in [2.75, 3.05) is 24.8 Å². The fourth-order valence-electron chi connectivity index (χ4n) is 3.30. The summed E-state index contributed by atoms with van der Waals surface area (Å²) < 4.78 is 7.30. The molecule has 150 valence electrons. The minimum Gasteiger partial charge on any atom is -0.481 e. The van der Waals surface area contributed by atoms with E-state index in [-0.39, 0.29) is 17.4 Å². The Morgan fingerprint density at radius 1 is 1.13 bits per heavy atom. The van der Waals surface area contributed by atoms with Gasteiger partial charge in [-0.25, -0.2) is 15.0 Å². The predicted molar refractivity (Wildman–Crippen MR) is 113 cm³/mol. The lowest BCUT2D eigenvalue weighted by atomic mass is 10.2. The van der Waals surface area contributed by atoms with Gasteiger partial charge in [-0.3, -0.25) is 4.57 Å². The van der Waals surface area contributed by atoms with E-state index >= 15 is 0 Å². The molecule has 30 heavy (non-hydrogen) atoms. The van der Waals surface area contributed by atoms with Crippen molar-refractivity contribution in [3.63, 3.8) is 0 Å². The van der Waals surface area contributed by atoms with E-state index in [0.29, 0.717) is 17.3 Å². The summed E-state index contributed by atoms with van der Waals surface area (Å²) in [5, 5.41) is 9.52. The average molecular weight is 400 g/mol. The Bertz CT molecular complexity index is 1250. The van der Waals surface area contributed by atoms with Crippen LogP contribution in [0.15, 0.2) is 48.8 Å². The van der Waals surface area contributed by atoms with Crippen molar-refractivity contribution in [2.45, 2.75) is 13.0 Å². The topological polar surface area (TPSA) is 119 Å². The summed E-state index contributed by atoms with van der Waals surface area (Å²) in [5.41, 5.74) is 8.44. The molecular weight excluding hydrogens is 380 g/mol. The van der Waals surface area contributed by atoms with Crippen molar-refractivity contribution in [3.8, 4) is 17.6 Å². The molecule has 0 aliphatic heterocycles. The second-order valence-electron chi connectivity index (χ2n) is 6.69. The van der Waals surface area contributed by atoms with Crippen molar-refractivity contribution in [3.05, 3.63) is 60.2 Å². The highest BCUT2D eigenvalue weighted by molar-refractivity contribution is 5.75. The van der Waals surface area contributed by atoms with E-state index in [1.165, 1.54) is 6.33 Å². The number of benzene rings is 1. The first-order valence-corrected chi connectivity index (χ1v) is 9.27. The summed E-state index contributed by atoms with van der Waals surface area (Å²) >= 11 is 0. The van der Waals surface area contributed by atoms with Crippen LogP contribution in [0.3, 0.4) is 0 Å². The molecule has 0 unspecified atom stereocenters. The monoisotopic (exact) mass is 400 g/mol. The Kier molecular flexibility index (Phi) is 4.90. The highest BCUT2D eigenvalue weighted by atomic mass is 16.5. The molecule has 0 saturated heterocycles. The number of hydrogen-bond acceptors (Lipinski definition) is 8. The highest BCUT2D eigenvalue weighted by Gasteiger charge is 2.25. The van der Waals surface area contributed by atoms with Crippen LogP contribution in [0.1, 0.15) is 24.4 Å². The van der Waals surface area contributed by atoms with Gasteiger partial charge >= 0.3 is 0 Å². The van der Waals surface area contributed by atoms with Gasteiger partial charge in [0.2, 0.25) is 5.88 Å². The number of hydrogen-bond donors (Lipinski definition) is 1. The van der Waals surface area contributed by atoms with E-state index in [0.717, 1.165) is 17.0 Å². The molecule has 0 fully saturated rings. The number of ether oxygens (including phenoxy) is 1. The first-order chi connectivity index (χ1) is 14.5. The Morgan fingerprint density at radius 3 is 2.60 bits per heavy atom. The quantitative estimate of drug-likeness (QED) is 0.543. The van der Waals surface area contributed by atoms with E-state index in [4.69, 9.17) is 15.5 Å². The number of fused-ring (bicyclic) bond motifs is 1. The number of rotatable bonds is 5. The summed E-state index contributed by atoms with van der Waals surface area (Å²) in [5.74, 6) is 1.82. The lowest BCUT2D eigenvalue weighted by Gasteiger charge is -2.26. The SMILES string of the molecule is COc1ccc2nc([C@H](C)N(C)c3ncnc(N)c3C#N)n(-c3ccccc3)c2n1. The van der Waals surface area contributed by atoms with Gasteiger partial charge in [0.25, 0.3) is 0 Å². The third-order valence-corrected chi connectivity index (χ3v) is 4.99. The van der Waals surface area contributed by atoms with Crippen molar-refractivity contribution in [2.24, 2.45) is 0 Å². The van der Waals surface area contributed by atoms with E-state index in [1.54, 1.807) is 13.2 Å². The fourth-order valence-corrected chi connectivity index (χ4v) is 3.30. The Morgan fingerprint density at radius 2 is 1.90 bits per heavy atom. The maximum atomic E-state index is 9.52.